The van der Waals surface area contributed by atoms with Gasteiger partial charge in [0.25, 0.3) is 17.7 Å². The minimum Gasteiger partial charge on any atom is -0.473 e. The summed E-state index contributed by atoms with van der Waals surface area (Å²) in [7, 11) is 2.82. The van der Waals surface area contributed by atoms with E-state index in [4.69, 9.17) is 39.4 Å². The van der Waals surface area contributed by atoms with Crippen molar-refractivity contribution in [2.45, 2.75) is 96.7 Å². The molecule has 24 nitrogen and oxygen atoms in total. The number of amides is 7. The van der Waals surface area contributed by atoms with E-state index in [0.29, 0.717) is 75.9 Å². The van der Waals surface area contributed by atoms with Crippen LogP contribution < -0.4 is 26.6 Å². The zero-order valence-corrected chi connectivity index (χ0v) is 53.1. The molecule has 3 aliphatic rings. The second-order valence-electron chi connectivity index (χ2n) is 21.1. The predicted molar refractivity (Wildman–Crippen MR) is 333 cm³/mol. The number of aromatic nitrogens is 7. The number of aliphatic hydroxyl groups is 1. The van der Waals surface area contributed by atoms with Gasteiger partial charge in [-0.15, -0.1) is 68.0 Å². The summed E-state index contributed by atoms with van der Waals surface area (Å²) in [5.41, 5.74) is 3.95. The molecule has 0 saturated carbocycles. The third-order valence-corrected chi connectivity index (χ3v) is 20.4. The second-order valence-corrected chi connectivity index (χ2v) is 26.9. The van der Waals surface area contributed by atoms with Gasteiger partial charge < -0.3 is 40.6 Å². The molecule has 30 heteroatoms. The van der Waals surface area contributed by atoms with E-state index in [1.807, 2.05) is 32.2 Å². The second kappa shape index (κ2) is 26.3. The molecular weight excluding hydrogens is 1250 g/mol. The van der Waals surface area contributed by atoms with Crippen molar-refractivity contribution in [2.75, 3.05) is 27.3 Å². The van der Waals surface area contributed by atoms with Crippen LogP contribution in [0, 0.1) is 12.8 Å². The maximum absolute atomic E-state index is 14.6. The molecule has 0 aliphatic carbocycles. The predicted octanol–water partition coefficient (Wildman–Crippen LogP) is 7.84. The zero-order valence-electron chi connectivity index (χ0n) is 48.2. The number of likely N-dealkylation sites (N-methyl/N-ethyl adjacent to an activating group) is 1. The summed E-state index contributed by atoms with van der Waals surface area (Å²) < 4.78 is 13.2. The number of nitrogens with one attached hydrogen (secondary N) is 5. The highest BCUT2D eigenvalue weighted by Gasteiger charge is 2.40. The van der Waals surface area contributed by atoms with Crippen LogP contribution in [0.4, 0.5) is 4.79 Å². The van der Waals surface area contributed by atoms with Gasteiger partial charge in [0.15, 0.2) is 12.3 Å². The van der Waals surface area contributed by atoms with Crippen molar-refractivity contribution in [1.29, 1.82) is 0 Å². The Morgan fingerprint density at radius 3 is 2.17 bits per heavy atom. The van der Waals surface area contributed by atoms with E-state index in [0.717, 1.165) is 52.6 Å². The molecule has 0 fully saturated rings. The highest BCUT2D eigenvalue weighted by molar-refractivity contribution is 7.15. The van der Waals surface area contributed by atoms with Gasteiger partial charge in [-0.1, -0.05) is 44.2 Å². The van der Waals surface area contributed by atoms with Gasteiger partial charge in [0, 0.05) is 78.2 Å². The van der Waals surface area contributed by atoms with Crippen LogP contribution in [-0.2, 0) is 30.5 Å². The summed E-state index contributed by atoms with van der Waals surface area (Å²) in [6.07, 6.45) is 0.110. The van der Waals surface area contributed by atoms with E-state index >= 15 is 0 Å². The van der Waals surface area contributed by atoms with Crippen LogP contribution >= 0.6 is 68.0 Å². The quantitative estimate of drug-likeness (QED) is 0.0671. The molecule has 88 heavy (non-hydrogen) atoms. The molecule has 454 valence electrons. The van der Waals surface area contributed by atoms with Crippen LogP contribution in [0.3, 0.4) is 0 Å². The molecule has 11 rings (SSSR count). The van der Waals surface area contributed by atoms with Crippen molar-refractivity contribution in [3.63, 3.8) is 0 Å². The molecule has 8 aromatic rings. The smallest absolute Gasteiger partial charge is 0.415 e. The summed E-state index contributed by atoms with van der Waals surface area (Å²) in [5.74, 6) is -4.50. The standard InChI is InChI=1S/C58H56N14O10S6/c1-25(2)39-56-69-43(38(88-56)20-81-7)49(78)67-42(47(76)59-6)31(18-27(4)73)52-68-40(28(5)87-52)48(77)71-58(80)70-44(45(74)29-13-9-8-10-14-29)55-65-37(24-86-55)54-62-34(21-84-54)41-30(51-63-35(22-83-51)46(75)66-39)15-16-32(60-41)53-64-36(23-85-53)50-61-33(19-82-50)57(79)72-17-11-12-26(72)3/h8-10,13-16,21-25,31,33,39,42,44-45,74H,11-12,17-20H2,1-7H3,(H4-,59,66,67,70,71,75,76,77,78,80)/p+1. The molecule has 7 aromatic heterocycles. The Kier molecular flexibility index (Phi) is 18.4. The number of carbonyl (C=O) groups excluding carboxylic acids is 7. The first-order valence-corrected chi connectivity index (χ1v) is 32.8. The lowest BCUT2D eigenvalue weighted by Crippen LogP contribution is -2.50. The van der Waals surface area contributed by atoms with Crippen LogP contribution in [0.15, 0.2) is 69.0 Å². The molecule has 0 radical (unpaired) electrons. The Morgan fingerprint density at radius 1 is 0.739 bits per heavy atom. The lowest BCUT2D eigenvalue weighted by Gasteiger charge is -2.24. The van der Waals surface area contributed by atoms with Gasteiger partial charge in [-0.05, 0) is 37.5 Å². The van der Waals surface area contributed by atoms with Crippen LogP contribution in [0.5, 0.6) is 0 Å². The molecule has 0 spiro atoms. The minimum atomic E-state index is -1.43. The molecule has 6 N–H and O–H groups in total. The van der Waals surface area contributed by atoms with Crippen molar-refractivity contribution >= 4 is 121 Å². The fourth-order valence-corrected chi connectivity index (χ4v) is 15.8. The Bertz CT molecular complexity index is 4110. The number of Topliss-reactive ketones (excluding diaryl/α,β-unsaturated/α-hetero) is 1. The number of hydrogen-bond donors (Lipinski definition) is 6. The van der Waals surface area contributed by atoms with Crippen molar-refractivity contribution in [1.82, 2.24) is 61.5 Å². The van der Waals surface area contributed by atoms with Gasteiger partial charge in [0.1, 0.15) is 95.5 Å². The maximum Gasteiger partial charge on any atom is 0.415 e. The maximum atomic E-state index is 14.6. The summed E-state index contributed by atoms with van der Waals surface area (Å²) >= 11 is 7.08. The molecule has 6 unspecified atom stereocenters. The van der Waals surface area contributed by atoms with Gasteiger partial charge in [0.2, 0.25) is 17.8 Å². The number of fused-ring (bicyclic) bond motifs is 14. The number of ketones is 1. The third-order valence-electron chi connectivity index (χ3n) is 14.6. The largest absolute Gasteiger partial charge is 0.473 e. The molecule has 7 amide bonds. The summed E-state index contributed by atoms with van der Waals surface area (Å²) in [5, 5.41) is 34.6. The lowest BCUT2D eigenvalue weighted by molar-refractivity contribution is -0.442. The topological polar surface area (TPSA) is 324 Å². The lowest BCUT2D eigenvalue weighted by atomic mass is 9.93. The van der Waals surface area contributed by atoms with E-state index in [2.05, 4.69) is 36.6 Å². The number of methoxy groups -OCH3 is 1. The Hall–Kier alpha value is -8.10. The number of aryl methyl sites for hydroxylation is 1. The van der Waals surface area contributed by atoms with Gasteiger partial charge in [0.05, 0.1) is 28.2 Å². The van der Waals surface area contributed by atoms with Crippen LogP contribution in [0.25, 0.3) is 43.4 Å². The molecule has 6 atom stereocenters. The molecule has 10 bridgehead atoms. The van der Waals surface area contributed by atoms with E-state index in [9.17, 15) is 38.7 Å². The number of aliphatic imine (C=N–C) groups is 1. The molecule has 10 heterocycles. The summed E-state index contributed by atoms with van der Waals surface area (Å²) in [4.78, 5) is 137. The van der Waals surface area contributed by atoms with Crippen LogP contribution in [0.1, 0.15) is 139 Å². The van der Waals surface area contributed by atoms with Crippen LogP contribution in [0.2, 0.25) is 0 Å². The zero-order chi connectivity index (χ0) is 62.1. The third kappa shape index (κ3) is 12.9. The number of hydrogen-bond acceptors (Lipinski definition) is 24. The minimum absolute atomic E-state index is 0.0617. The van der Waals surface area contributed by atoms with Crippen molar-refractivity contribution < 1.29 is 52.7 Å². The molecule has 1 aromatic carbocycles. The van der Waals surface area contributed by atoms with Crippen molar-refractivity contribution in [2.24, 2.45) is 10.9 Å². The average Bonchev–Trinajstić information content (AvgIpc) is 1.95. The molecular formula is C58H57N14O10S6+. The Labute approximate surface area is 527 Å². The fraction of sp³-hybridized carbons (Fsp3) is 0.345. The van der Waals surface area contributed by atoms with E-state index in [1.54, 1.807) is 64.0 Å². The number of rotatable bonds is 11. The van der Waals surface area contributed by atoms with Gasteiger partial charge in [-0.25, -0.2) is 49.5 Å². The van der Waals surface area contributed by atoms with Gasteiger partial charge in [-0.3, -0.25) is 24.5 Å². The number of ether oxygens (including phenoxy) is 2. The summed E-state index contributed by atoms with van der Waals surface area (Å²) in [6, 6.07) is 7.14. The number of aliphatic hydroxyl groups excluding tert-OH is 1. The molecule has 3 aliphatic heterocycles. The fourth-order valence-electron chi connectivity index (χ4n) is 10.2. The number of nitrogens with zero attached hydrogens (tertiary/aromatic N) is 9. The number of thiazole rings is 6. The number of pyridine rings is 1. The van der Waals surface area contributed by atoms with Crippen molar-refractivity contribution in [3.8, 4) is 43.4 Å². The first-order valence-electron chi connectivity index (χ1n) is 27.7. The number of carbonyl (C=O) groups is 7. The highest BCUT2D eigenvalue weighted by atomic mass is 32.1. The normalized spacial score (nSPS) is 19.5. The SMILES string of the molecule is CNC(=O)C1NC(=O)c2nc(sc2COC)C(C(C)C)NC(=O)c2csc(n2)-c2ccc(-c3nc(C4=NC(C(=O)[N+]5=C(C)CCC5)CO4)cs3)nc2-c2csc(n2)-c2csc(n2)C(C(O)c2ccccc2)NC(=O)NC(=O)c2nc(sc2C)C1CC(C)=O. The molecule has 0 saturated heterocycles. The Balaban J connectivity index is 0.995. The van der Waals surface area contributed by atoms with Crippen molar-refractivity contribution in [3.05, 3.63) is 117 Å². The number of imide groups is 1. The first-order chi connectivity index (χ1) is 42.3. The van der Waals surface area contributed by atoms with Crippen LogP contribution in [-0.4, -0.2) is 137 Å². The van der Waals surface area contributed by atoms with E-state index in [-0.39, 0.29) is 70.2 Å². The highest BCUT2D eigenvalue weighted by Crippen LogP contribution is 2.40. The number of urea groups is 1. The van der Waals surface area contributed by atoms with Gasteiger partial charge >= 0.3 is 11.9 Å². The monoisotopic (exact) mass is 1300 g/mol. The number of benzene rings is 1. The van der Waals surface area contributed by atoms with Gasteiger partial charge in [-0.2, -0.15) is 4.58 Å². The van der Waals surface area contributed by atoms with E-state index < -0.39 is 65.8 Å². The Morgan fingerprint density at radius 2 is 1.44 bits per heavy atom. The summed E-state index contributed by atoms with van der Waals surface area (Å²) in [6.45, 7) is 9.32. The first kappa shape index (κ1) is 61.5. The average molecular weight is 1300 g/mol. The van der Waals surface area contributed by atoms with E-state index in [1.165, 1.54) is 55.1 Å².